The van der Waals surface area contributed by atoms with Crippen LogP contribution in [0.2, 0.25) is 0 Å². The monoisotopic (exact) mass is 316 g/mol. The Hall–Kier alpha value is -1.48. The van der Waals surface area contributed by atoms with Gasteiger partial charge in [0.15, 0.2) is 5.78 Å². The quantitative estimate of drug-likeness (QED) is 0.791. The third-order valence-electron chi connectivity index (χ3n) is 4.77. The summed E-state index contributed by atoms with van der Waals surface area (Å²) in [6, 6.07) is 9.92. The van der Waals surface area contributed by atoms with Crippen molar-refractivity contribution in [2.45, 2.75) is 59.0 Å². The number of Topliss-reactive ketones (excluding diaryl/α,β-unsaturated/α-hetero) is 2. The first-order valence-corrected chi connectivity index (χ1v) is 8.54. The van der Waals surface area contributed by atoms with E-state index in [1.165, 1.54) is 0 Å². The first-order chi connectivity index (χ1) is 10.8. The zero-order valence-electron chi connectivity index (χ0n) is 14.7. The Balaban J connectivity index is 2.22. The Bertz CT molecular complexity index is 536. The van der Waals surface area contributed by atoms with Crippen molar-refractivity contribution >= 4 is 11.6 Å². The minimum absolute atomic E-state index is 0.0837. The molecule has 126 valence electrons. The molecule has 0 radical (unpaired) electrons. The molecule has 3 nitrogen and oxygen atoms in total. The van der Waals surface area contributed by atoms with Gasteiger partial charge in [-0.1, -0.05) is 58.0 Å². The van der Waals surface area contributed by atoms with Crippen LogP contribution in [0.1, 0.15) is 58.4 Å². The fraction of sp³-hybridized carbons (Fsp3) is 0.600. The van der Waals surface area contributed by atoms with Crippen LogP contribution >= 0.6 is 0 Å². The molecule has 0 aliphatic carbocycles. The molecule has 3 atom stereocenters. The third-order valence-corrected chi connectivity index (χ3v) is 4.77. The van der Waals surface area contributed by atoms with Gasteiger partial charge in [0.2, 0.25) is 0 Å². The molecule has 0 spiro atoms. The van der Waals surface area contributed by atoms with Gasteiger partial charge in [0, 0.05) is 30.3 Å². The average molecular weight is 316 g/mol. The van der Waals surface area contributed by atoms with E-state index in [1.807, 2.05) is 58.0 Å². The maximum Gasteiger partial charge on any atom is 0.164 e. The number of ketones is 2. The molecule has 1 heterocycles. The number of benzene rings is 1. The molecule has 0 amide bonds. The number of carbonyl (C=O) groups excluding carboxylic acids is 2. The summed E-state index contributed by atoms with van der Waals surface area (Å²) >= 11 is 0. The predicted octanol–water partition coefficient (Wildman–Crippen LogP) is 4.16. The predicted molar refractivity (Wildman–Crippen MR) is 91.4 cm³/mol. The Morgan fingerprint density at radius 1 is 1.22 bits per heavy atom. The molecule has 0 saturated carbocycles. The summed E-state index contributed by atoms with van der Waals surface area (Å²) in [6.45, 7) is 8.41. The van der Waals surface area contributed by atoms with E-state index < -0.39 is 0 Å². The summed E-state index contributed by atoms with van der Waals surface area (Å²) in [4.78, 5) is 25.3. The number of ether oxygens (including phenoxy) is 1. The first-order valence-electron chi connectivity index (χ1n) is 8.54. The standard InChI is InChI=1S/C20H28O3/c1-14(19(22)17-11-8-12-23-17)16(13-18(21)20(2,3)4)15-9-6-5-7-10-15/h5-7,9-10,14,16-17H,8,11-13H2,1-4H3. The van der Waals surface area contributed by atoms with Gasteiger partial charge in [-0.05, 0) is 18.4 Å². The van der Waals surface area contributed by atoms with E-state index in [4.69, 9.17) is 4.74 Å². The van der Waals surface area contributed by atoms with Gasteiger partial charge in [0.05, 0.1) is 0 Å². The summed E-state index contributed by atoms with van der Waals surface area (Å²) in [5.74, 6) is 0.0304. The molecule has 1 aliphatic rings. The molecular weight excluding hydrogens is 288 g/mol. The van der Waals surface area contributed by atoms with Gasteiger partial charge in [-0.3, -0.25) is 9.59 Å². The third kappa shape index (κ3) is 4.51. The highest BCUT2D eigenvalue weighted by atomic mass is 16.5. The fourth-order valence-corrected chi connectivity index (χ4v) is 3.08. The van der Waals surface area contributed by atoms with E-state index in [1.54, 1.807) is 0 Å². The lowest BCUT2D eigenvalue weighted by molar-refractivity contribution is -0.133. The Morgan fingerprint density at radius 3 is 2.39 bits per heavy atom. The molecule has 1 aliphatic heterocycles. The van der Waals surface area contributed by atoms with Gasteiger partial charge in [0.1, 0.15) is 11.9 Å². The summed E-state index contributed by atoms with van der Waals surface area (Å²) in [5.41, 5.74) is 0.670. The number of hydrogen-bond acceptors (Lipinski definition) is 3. The van der Waals surface area contributed by atoms with Crippen molar-refractivity contribution in [1.29, 1.82) is 0 Å². The Kier molecular flexibility index (Phi) is 5.74. The summed E-state index contributed by atoms with van der Waals surface area (Å²) in [5, 5.41) is 0. The molecule has 0 bridgehead atoms. The van der Waals surface area contributed by atoms with E-state index in [0.717, 1.165) is 18.4 Å². The van der Waals surface area contributed by atoms with Crippen LogP contribution in [0.3, 0.4) is 0 Å². The molecule has 0 aromatic heterocycles. The van der Waals surface area contributed by atoms with Crippen LogP contribution in [-0.2, 0) is 14.3 Å². The van der Waals surface area contributed by atoms with Gasteiger partial charge in [-0.15, -0.1) is 0 Å². The lowest BCUT2D eigenvalue weighted by Crippen LogP contribution is -2.32. The van der Waals surface area contributed by atoms with Crippen LogP contribution < -0.4 is 0 Å². The van der Waals surface area contributed by atoms with Gasteiger partial charge in [-0.2, -0.15) is 0 Å². The van der Waals surface area contributed by atoms with Crippen LogP contribution in [0.4, 0.5) is 0 Å². The molecule has 0 N–H and O–H groups in total. The van der Waals surface area contributed by atoms with E-state index >= 15 is 0 Å². The van der Waals surface area contributed by atoms with Crippen LogP contribution in [-0.4, -0.2) is 24.3 Å². The van der Waals surface area contributed by atoms with E-state index in [2.05, 4.69) is 0 Å². The van der Waals surface area contributed by atoms with Crippen molar-refractivity contribution in [1.82, 2.24) is 0 Å². The summed E-state index contributed by atoms with van der Waals surface area (Å²) in [7, 11) is 0. The van der Waals surface area contributed by atoms with Crippen molar-refractivity contribution in [2.75, 3.05) is 6.61 Å². The van der Waals surface area contributed by atoms with E-state index in [-0.39, 0.29) is 34.9 Å². The second-order valence-corrected chi connectivity index (χ2v) is 7.59. The minimum atomic E-state index is -0.389. The SMILES string of the molecule is CC(C(=O)C1CCCO1)C(CC(=O)C(C)(C)C)c1ccccc1. The lowest BCUT2D eigenvalue weighted by atomic mass is 9.76. The highest BCUT2D eigenvalue weighted by Gasteiger charge is 2.35. The molecule has 3 heteroatoms. The van der Waals surface area contributed by atoms with Gasteiger partial charge in [-0.25, -0.2) is 0 Å². The zero-order chi connectivity index (χ0) is 17.0. The molecule has 1 aromatic rings. The van der Waals surface area contributed by atoms with E-state index in [9.17, 15) is 9.59 Å². The van der Waals surface area contributed by atoms with Crippen LogP contribution in [0.5, 0.6) is 0 Å². The maximum absolute atomic E-state index is 12.8. The van der Waals surface area contributed by atoms with Crippen LogP contribution in [0.25, 0.3) is 0 Å². The fourth-order valence-electron chi connectivity index (χ4n) is 3.08. The van der Waals surface area contributed by atoms with Crippen LogP contribution in [0.15, 0.2) is 30.3 Å². The molecular formula is C20H28O3. The topological polar surface area (TPSA) is 43.4 Å². The molecule has 3 unspecified atom stereocenters. The second-order valence-electron chi connectivity index (χ2n) is 7.59. The molecule has 1 fully saturated rings. The maximum atomic E-state index is 12.8. The van der Waals surface area contributed by atoms with Crippen molar-refractivity contribution in [3.63, 3.8) is 0 Å². The zero-order valence-corrected chi connectivity index (χ0v) is 14.7. The number of carbonyl (C=O) groups is 2. The van der Waals surface area contributed by atoms with Crippen molar-refractivity contribution in [3.8, 4) is 0 Å². The van der Waals surface area contributed by atoms with Crippen molar-refractivity contribution in [3.05, 3.63) is 35.9 Å². The smallest absolute Gasteiger partial charge is 0.164 e. The highest BCUT2D eigenvalue weighted by molar-refractivity contribution is 5.89. The minimum Gasteiger partial charge on any atom is -0.370 e. The van der Waals surface area contributed by atoms with Crippen LogP contribution in [0, 0.1) is 11.3 Å². The van der Waals surface area contributed by atoms with Crippen molar-refractivity contribution in [2.24, 2.45) is 11.3 Å². The highest BCUT2D eigenvalue weighted by Crippen LogP contribution is 2.34. The molecule has 23 heavy (non-hydrogen) atoms. The molecule has 1 saturated heterocycles. The number of hydrogen-bond donors (Lipinski definition) is 0. The lowest BCUT2D eigenvalue weighted by Gasteiger charge is -2.27. The van der Waals surface area contributed by atoms with E-state index in [0.29, 0.717) is 13.0 Å². The second kappa shape index (κ2) is 7.39. The normalized spacial score (nSPS) is 21.0. The Morgan fingerprint density at radius 2 is 1.87 bits per heavy atom. The van der Waals surface area contributed by atoms with Gasteiger partial charge in [0.25, 0.3) is 0 Å². The Labute approximate surface area is 139 Å². The largest absolute Gasteiger partial charge is 0.370 e. The van der Waals surface area contributed by atoms with Crippen molar-refractivity contribution < 1.29 is 14.3 Å². The number of rotatable bonds is 6. The average Bonchev–Trinajstić information content (AvgIpc) is 3.05. The molecule has 2 rings (SSSR count). The van der Waals surface area contributed by atoms with Gasteiger partial charge < -0.3 is 4.74 Å². The van der Waals surface area contributed by atoms with Gasteiger partial charge >= 0.3 is 0 Å². The molecule has 1 aromatic carbocycles. The summed E-state index contributed by atoms with van der Waals surface area (Å²) in [6.07, 6.45) is 1.85. The first kappa shape index (κ1) is 17.9. The summed E-state index contributed by atoms with van der Waals surface area (Å²) < 4.78 is 5.56.